The number of hydrogen-bond acceptors (Lipinski definition) is 4. The van der Waals surface area contributed by atoms with Crippen molar-refractivity contribution in [2.45, 2.75) is 0 Å². The predicted octanol–water partition coefficient (Wildman–Crippen LogP) is 5.49. The van der Waals surface area contributed by atoms with E-state index in [4.69, 9.17) is 10.5 Å². The third kappa shape index (κ3) is 4.22. The van der Waals surface area contributed by atoms with Crippen molar-refractivity contribution in [3.05, 3.63) is 115 Å². The summed E-state index contributed by atoms with van der Waals surface area (Å²) >= 11 is 0. The maximum absolute atomic E-state index is 11.6. The molecule has 2 aromatic heterocycles. The van der Waals surface area contributed by atoms with E-state index in [0.717, 1.165) is 22.4 Å². The fraction of sp³-hybridized carbons (Fsp3) is 0. The zero-order valence-electron chi connectivity index (χ0n) is 17.6. The number of carbonyl (C=O) groups is 1. The number of ether oxygens (including phenoxy) is 1. The maximum Gasteiger partial charge on any atom is 0.248 e. The van der Waals surface area contributed by atoms with Crippen LogP contribution in [-0.4, -0.2) is 20.7 Å². The zero-order chi connectivity index (χ0) is 22.6. The largest absolute Gasteiger partial charge is 0.453 e. The van der Waals surface area contributed by atoms with Gasteiger partial charge in [0, 0.05) is 17.3 Å². The number of aromatic nitrogens is 3. The number of amides is 1. The molecule has 6 nitrogen and oxygen atoms in total. The SMILES string of the molecule is NC(=O)c1cccc(Oc2cnn(-c3ccccn3)c2-c2ccc(-c3ccccc3)cc2)c1. The van der Waals surface area contributed by atoms with Crippen molar-refractivity contribution in [2.24, 2.45) is 5.73 Å². The van der Waals surface area contributed by atoms with Crippen LogP contribution in [0.25, 0.3) is 28.2 Å². The number of nitrogens with two attached hydrogens (primary N) is 1. The molecule has 1 amide bonds. The zero-order valence-corrected chi connectivity index (χ0v) is 17.6. The molecule has 0 aliphatic heterocycles. The molecule has 0 aliphatic carbocycles. The molecule has 0 fully saturated rings. The number of pyridine rings is 1. The summed E-state index contributed by atoms with van der Waals surface area (Å²) in [5.74, 6) is 1.19. The van der Waals surface area contributed by atoms with Crippen molar-refractivity contribution < 1.29 is 9.53 Å². The van der Waals surface area contributed by atoms with Crippen molar-refractivity contribution >= 4 is 5.91 Å². The van der Waals surface area contributed by atoms with Crippen LogP contribution in [0.4, 0.5) is 0 Å². The van der Waals surface area contributed by atoms with Gasteiger partial charge in [0.05, 0.1) is 6.20 Å². The fourth-order valence-electron chi connectivity index (χ4n) is 3.62. The molecule has 0 aliphatic rings. The minimum Gasteiger partial charge on any atom is -0.453 e. The Morgan fingerprint density at radius 2 is 1.52 bits per heavy atom. The van der Waals surface area contributed by atoms with Crippen LogP contribution in [0.5, 0.6) is 11.5 Å². The van der Waals surface area contributed by atoms with Gasteiger partial charge < -0.3 is 10.5 Å². The smallest absolute Gasteiger partial charge is 0.248 e. The highest BCUT2D eigenvalue weighted by Gasteiger charge is 2.18. The van der Waals surface area contributed by atoms with Gasteiger partial charge in [-0.25, -0.2) is 9.67 Å². The van der Waals surface area contributed by atoms with Gasteiger partial charge in [0.25, 0.3) is 0 Å². The molecule has 0 radical (unpaired) electrons. The van der Waals surface area contributed by atoms with E-state index in [9.17, 15) is 4.79 Å². The standard InChI is InChI=1S/C27H20N4O2/c28-27(32)22-9-6-10-23(17-22)33-24-18-30-31(25-11-4-5-16-29-25)26(24)21-14-12-20(13-15-21)19-7-2-1-3-8-19/h1-18H,(H2,28,32). The minimum atomic E-state index is -0.513. The molecule has 0 saturated heterocycles. The molecular formula is C27H20N4O2. The molecule has 160 valence electrons. The van der Waals surface area contributed by atoms with E-state index in [2.05, 4.69) is 34.3 Å². The van der Waals surface area contributed by atoms with Gasteiger partial charge in [0.1, 0.15) is 11.4 Å². The van der Waals surface area contributed by atoms with Crippen LogP contribution < -0.4 is 10.5 Å². The first-order chi connectivity index (χ1) is 16.2. The average molecular weight is 432 g/mol. The summed E-state index contributed by atoms with van der Waals surface area (Å²) in [5, 5.41) is 4.53. The van der Waals surface area contributed by atoms with Crippen molar-refractivity contribution in [2.75, 3.05) is 0 Å². The van der Waals surface area contributed by atoms with Gasteiger partial charge in [-0.15, -0.1) is 0 Å². The van der Waals surface area contributed by atoms with Crippen LogP contribution in [0, 0.1) is 0 Å². The van der Waals surface area contributed by atoms with Crippen molar-refractivity contribution in [3.63, 3.8) is 0 Å². The van der Waals surface area contributed by atoms with Crippen LogP contribution in [0.1, 0.15) is 10.4 Å². The third-order valence-corrected chi connectivity index (χ3v) is 5.21. The highest BCUT2D eigenvalue weighted by molar-refractivity contribution is 5.93. The summed E-state index contributed by atoms with van der Waals surface area (Å²) in [5.41, 5.74) is 9.71. The summed E-state index contributed by atoms with van der Waals surface area (Å²) in [7, 11) is 0. The van der Waals surface area contributed by atoms with E-state index in [1.807, 2.05) is 48.5 Å². The van der Waals surface area contributed by atoms with Crippen LogP contribution >= 0.6 is 0 Å². The number of nitrogens with zero attached hydrogens (tertiary/aromatic N) is 3. The first-order valence-corrected chi connectivity index (χ1v) is 10.4. The van der Waals surface area contributed by atoms with Crippen LogP contribution in [0.2, 0.25) is 0 Å². The maximum atomic E-state index is 11.6. The Balaban J connectivity index is 1.58. The lowest BCUT2D eigenvalue weighted by molar-refractivity contribution is 0.1000. The third-order valence-electron chi connectivity index (χ3n) is 5.21. The van der Waals surface area contributed by atoms with E-state index in [-0.39, 0.29) is 0 Å². The quantitative estimate of drug-likeness (QED) is 0.384. The molecule has 6 heteroatoms. The molecule has 2 heterocycles. The van der Waals surface area contributed by atoms with Crippen molar-refractivity contribution in [3.8, 4) is 39.7 Å². The summed E-state index contributed by atoms with van der Waals surface area (Å²) in [6.07, 6.45) is 3.36. The Labute approximate surface area is 190 Å². The molecule has 3 aromatic carbocycles. The fourth-order valence-corrected chi connectivity index (χ4v) is 3.62. The molecule has 33 heavy (non-hydrogen) atoms. The van der Waals surface area contributed by atoms with Crippen molar-refractivity contribution in [1.29, 1.82) is 0 Å². The Morgan fingerprint density at radius 1 is 0.788 bits per heavy atom. The first kappa shape index (κ1) is 20.2. The second-order valence-corrected chi connectivity index (χ2v) is 7.39. The molecule has 0 saturated carbocycles. The molecule has 0 bridgehead atoms. The van der Waals surface area contributed by atoms with Crippen LogP contribution in [0.15, 0.2) is 109 Å². The lowest BCUT2D eigenvalue weighted by atomic mass is 10.0. The number of benzene rings is 3. The Bertz CT molecular complexity index is 1400. The van der Waals surface area contributed by atoms with Gasteiger partial charge in [0.15, 0.2) is 11.6 Å². The summed E-state index contributed by atoms with van der Waals surface area (Å²) in [6, 6.07) is 30.8. The van der Waals surface area contributed by atoms with E-state index in [1.54, 1.807) is 41.3 Å². The molecular weight excluding hydrogens is 412 g/mol. The lowest BCUT2D eigenvalue weighted by Gasteiger charge is -2.11. The monoisotopic (exact) mass is 432 g/mol. The molecule has 2 N–H and O–H groups in total. The van der Waals surface area contributed by atoms with Gasteiger partial charge in [-0.05, 0) is 41.5 Å². The van der Waals surface area contributed by atoms with Crippen molar-refractivity contribution in [1.82, 2.24) is 14.8 Å². The van der Waals surface area contributed by atoms with E-state index in [0.29, 0.717) is 22.9 Å². The highest BCUT2D eigenvalue weighted by Crippen LogP contribution is 2.36. The van der Waals surface area contributed by atoms with Gasteiger partial charge >= 0.3 is 0 Å². The number of carbonyl (C=O) groups excluding carboxylic acids is 1. The number of primary amides is 1. The van der Waals surface area contributed by atoms with Crippen LogP contribution in [0.3, 0.4) is 0 Å². The van der Waals surface area contributed by atoms with Gasteiger partial charge in [-0.1, -0.05) is 66.7 Å². The second kappa shape index (κ2) is 8.80. The minimum absolute atomic E-state index is 0.374. The number of hydrogen-bond donors (Lipinski definition) is 1. The van der Waals surface area contributed by atoms with E-state index < -0.39 is 5.91 Å². The van der Waals surface area contributed by atoms with E-state index >= 15 is 0 Å². The number of rotatable bonds is 6. The topological polar surface area (TPSA) is 83.0 Å². The van der Waals surface area contributed by atoms with E-state index in [1.165, 1.54) is 0 Å². The predicted molar refractivity (Wildman–Crippen MR) is 127 cm³/mol. The molecule has 0 spiro atoms. The molecule has 5 rings (SSSR count). The molecule has 0 unspecified atom stereocenters. The summed E-state index contributed by atoms with van der Waals surface area (Å²) in [6.45, 7) is 0. The van der Waals surface area contributed by atoms with Gasteiger partial charge in [-0.3, -0.25) is 4.79 Å². The Morgan fingerprint density at radius 3 is 2.24 bits per heavy atom. The summed E-state index contributed by atoms with van der Waals surface area (Å²) in [4.78, 5) is 16.0. The average Bonchev–Trinajstić information content (AvgIpc) is 3.29. The second-order valence-electron chi connectivity index (χ2n) is 7.39. The normalized spacial score (nSPS) is 10.7. The van der Waals surface area contributed by atoms with Crippen LogP contribution in [-0.2, 0) is 0 Å². The highest BCUT2D eigenvalue weighted by atomic mass is 16.5. The molecule has 0 atom stereocenters. The summed E-state index contributed by atoms with van der Waals surface area (Å²) < 4.78 is 7.89. The molecule has 5 aromatic rings. The Kier molecular flexibility index (Phi) is 5.39. The first-order valence-electron chi connectivity index (χ1n) is 10.4. The van der Waals surface area contributed by atoms with Gasteiger partial charge in [0.2, 0.25) is 5.91 Å². The Hall–Kier alpha value is -4.71. The van der Waals surface area contributed by atoms with Gasteiger partial charge in [-0.2, -0.15) is 5.10 Å². The lowest BCUT2D eigenvalue weighted by Crippen LogP contribution is -2.10.